The van der Waals surface area contributed by atoms with Crippen LogP contribution in [0.5, 0.6) is 0 Å². The Hall–Kier alpha value is -0.950. The summed E-state index contributed by atoms with van der Waals surface area (Å²) in [6.07, 6.45) is 8.21. The van der Waals surface area contributed by atoms with Gasteiger partial charge in [0, 0.05) is 10.8 Å². The summed E-state index contributed by atoms with van der Waals surface area (Å²) in [5.41, 5.74) is 3.16. The van der Waals surface area contributed by atoms with Crippen molar-refractivity contribution in [1.82, 2.24) is 0 Å². The summed E-state index contributed by atoms with van der Waals surface area (Å²) in [4.78, 5) is 1.49. The maximum atomic E-state index is 2.42. The third kappa shape index (κ3) is 2.05. The number of hydrogen-bond acceptors (Lipinski definition) is 1. The van der Waals surface area contributed by atoms with Crippen LogP contribution in [0.1, 0.15) is 31.7 Å². The Morgan fingerprint density at radius 3 is 2.78 bits per heavy atom. The largest absolute Gasteiger partial charge is 0.126 e. The molecule has 3 rings (SSSR count). The number of allylic oxidation sites excluding steroid dienone is 4. The molecule has 0 radical (unpaired) electrons. The Labute approximate surface area is 114 Å². The monoisotopic (exact) mass is 256 g/mol. The van der Waals surface area contributed by atoms with Crippen molar-refractivity contribution < 1.29 is 0 Å². The molecule has 1 aromatic carbocycles. The van der Waals surface area contributed by atoms with Crippen LogP contribution in [-0.2, 0) is 0 Å². The van der Waals surface area contributed by atoms with E-state index < -0.39 is 0 Å². The van der Waals surface area contributed by atoms with Gasteiger partial charge in [0.1, 0.15) is 0 Å². The molecule has 1 aromatic rings. The van der Waals surface area contributed by atoms with Crippen molar-refractivity contribution in [2.45, 2.75) is 31.1 Å². The van der Waals surface area contributed by atoms with E-state index in [2.05, 4.69) is 56.3 Å². The maximum Gasteiger partial charge on any atom is 0.0110 e. The summed E-state index contributed by atoms with van der Waals surface area (Å²) in [6, 6.07) is 8.99. The zero-order valence-electron chi connectivity index (χ0n) is 11.1. The van der Waals surface area contributed by atoms with Crippen molar-refractivity contribution >= 4 is 11.8 Å². The van der Waals surface area contributed by atoms with Gasteiger partial charge >= 0.3 is 0 Å². The van der Waals surface area contributed by atoms with Crippen LogP contribution in [0.4, 0.5) is 0 Å². The molecule has 0 amide bonds. The highest BCUT2D eigenvalue weighted by atomic mass is 32.2. The molecule has 0 N–H and O–H groups in total. The van der Waals surface area contributed by atoms with Crippen molar-refractivity contribution in [2.24, 2.45) is 11.8 Å². The van der Waals surface area contributed by atoms with Crippen molar-refractivity contribution in [2.75, 3.05) is 5.75 Å². The second-order valence-electron chi connectivity index (χ2n) is 5.47. The number of fused-ring (bicyclic) bond motifs is 1. The Balaban J connectivity index is 2.05. The van der Waals surface area contributed by atoms with Gasteiger partial charge in [-0.05, 0) is 35.6 Å². The molecule has 0 nitrogen and oxygen atoms in total. The van der Waals surface area contributed by atoms with Gasteiger partial charge in [0.15, 0.2) is 0 Å². The van der Waals surface area contributed by atoms with E-state index in [9.17, 15) is 0 Å². The van der Waals surface area contributed by atoms with E-state index in [-0.39, 0.29) is 0 Å². The summed E-state index contributed by atoms with van der Waals surface area (Å²) in [7, 11) is 0. The van der Waals surface area contributed by atoms with Crippen LogP contribution < -0.4 is 0 Å². The van der Waals surface area contributed by atoms with Crippen LogP contribution in [0.2, 0.25) is 0 Å². The van der Waals surface area contributed by atoms with Gasteiger partial charge in [0.2, 0.25) is 0 Å². The van der Waals surface area contributed by atoms with Gasteiger partial charge in [-0.1, -0.05) is 55.8 Å². The van der Waals surface area contributed by atoms with Gasteiger partial charge in [0.25, 0.3) is 0 Å². The summed E-state index contributed by atoms with van der Waals surface area (Å²) >= 11 is 2.03. The van der Waals surface area contributed by atoms with Crippen molar-refractivity contribution in [3.8, 4) is 0 Å². The number of benzene rings is 1. The number of hydrogen-bond donors (Lipinski definition) is 0. The molecule has 3 unspecified atom stereocenters. The minimum atomic E-state index is 0.605. The first-order chi connectivity index (χ1) is 8.77. The third-order valence-electron chi connectivity index (χ3n) is 4.23. The lowest BCUT2D eigenvalue weighted by atomic mass is 9.77. The summed E-state index contributed by atoms with van der Waals surface area (Å²) in [5, 5.41) is 0. The fourth-order valence-corrected chi connectivity index (χ4v) is 4.43. The van der Waals surface area contributed by atoms with E-state index in [0.29, 0.717) is 11.8 Å². The smallest absolute Gasteiger partial charge is 0.0110 e. The van der Waals surface area contributed by atoms with E-state index in [1.54, 1.807) is 11.1 Å². The second kappa shape index (κ2) is 4.97. The minimum Gasteiger partial charge on any atom is -0.126 e. The first kappa shape index (κ1) is 12.1. The molecule has 0 bridgehead atoms. The fraction of sp³-hybridized carbons (Fsp3) is 0.412. The Morgan fingerprint density at radius 2 is 2.00 bits per heavy atom. The SMILES string of the molecule is CC1C=CC=C1C1c2ccccc2SCCC1C. The van der Waals surface area contributed by atoms with Gasteiger partial charge in [-0.3, -0.25) is 0 Å². The Bertz CT molecular complexity index is 498. The van der Waals surface area contributed by atoms with Crippen molar-refractivity contribution in [1.29, 1.82) is 0 Å². The lowest BCUT2D eigenvalue weighted by Gasteiger charge is -2.27. The predicted molar refractivity (Wildman–Crippen MR) is 80.1 cm³/mol. The topological polar surface area (TPSA) is 0 Å². The lowest BCUT2D eigenvalue weighted by Crippen LogP contribution is -2.15. The molecule has 0 spiro atoms. The van der Waals surface area contributed by atoms with Gasteiger partial charge in [-0.15, -0.1) is 11.8 Å². The fourth-order valence-electron chi connectivity index (χ4n) is 3.19. The molecule has 1 heterocycles. The number of thioether (sulfide) groups is 1. The van der Waals surface area contributed by atoms with Crippen LogP contribution in [0.3, 0.4) is 0 Å². The van der Waals surface area contributed by atoms with E-state index in [0.717, 1.165) is 5.92 Å². The Morgan fingerprint density at radius 1 is 1.17 bits per heavy atom. The zero-order chi connectivity index (χ0) is 12.5. The first-order valence-corrected chi connectivity index (χ1v) is 7.86. The molecule has 0 saturated carbocycles. The molecule has 0 fully saturated rings. The van der Waals surface area contributed by atoms with Gasteiger partial charge < -0.3 is 0 Å². The lowest BCUT2D eigenvalue weighted by molar-refractivity contribution is 0.474. The zero-order valence-corrected chi connectivity index (χ0v) is 11.9. The highest BCUT2D eigenvalue weighted by Crippen LogP contribution is 2.46. The maximum absolute atomic E-state index is 2.42. The molecule has 1 heteroatoms. The Kier molecular flexibility index (Phi) is 3.34. The molecule has 1 aliphatic heterocycles. The molecule has 3 atom stereocenters. The van der Waals surface area contributed by atoms with E-state index in [1.165, 1.54) is 17.1 Å². The summed E-state index contributed by atoms with van der Waals surface area (Å²) in [6.45, 7) is 4.74. The van der Waals surface area contributed by atoms with Gasteiger partial charge in [-0.2, -0.15) is 0 Å². The molecule has 0 aromatic heterocycles. The van der Waals surface area contributed by atoms with E-state index >= 15 is 0 Å². The van der Waals surface area contributed by atoms with Crippen LogP contribution in [0.25, 0.3) is 0 Å². The van der Waals surface area contributed by atoms with Crippen LogP contribution in [0.15, 0.2) is 53.0 Å². The molecule has 0 saturated heterocycles. The number of rotatable bonds is 1. The first-order valence-electron chi connectivity index (χ1n) is 6.87. The van der Waals surface area contributed by atoms with Crippen LogP contribution in [-0.4, -0.2) is 5.75 Å². The summed E-state index contributed by atoms with van der Waals surface area (Å²) < 4.78 is 0. The quantitative estimate of drug-likeness (QED) is 0.678. The summed E-state index contributed by atoms with van der Waals surface area (Å²) in [5.74, 6) is 3.22. The standard InChI is InChI=1S/C17H20S/c1-12-6-5-8-14(12)17-13(2)10-11-18-16-9-4-3-7-15(16)17/h3-9,12-13,17H,10-11H2,1-2H3. The highest BCUT2D eigenvalue weighted by Gasteiger charge is 2.30. The third-order valence-corrected chi connectivity index (χ3v) is 5.35. The normalized spacial score (nSPS) is 30.8. The van der Waals surface area contributed by atoms with Crippen molar-refractivity contribution in [3.63, 3.8) is 0 Å². The molecule has 1 aliphatic carbocycles. The molecule has 2 aliphatic rings. The average molecular weight is 256 g/mol. The average Bonchev–Trinajstić information content (AvgIpc) is 2.71. The minimum absolute atomic E-state index is 0.605. The van der Waals surface area contributed by atoms with E-state index in [4.69, 9.17) is 0 Å². The highest BCUT2D eigenvalue weighted by molar-refractivity contribution is 7.99. The predicted octanol–water partition coefficient (Wildman–Crippen LogP) is 5.03. The molecule has 18 heavy (non-hydrogen) atoms. The van der Waals surface area contributed by atoms with Crippen LogP contribution >= 0.6 is 11.8 Å². The second-order valence-corrected chi connectivity index (χ2v) is 6.61. The molecular formula is C17H20S. The molecular weight excluding hydrogens is 236 g/mol. The van der Waals surface area contributed by atoms with Crippen molar-refractivity contribution in [3.05, 3.63) is 53.6 Å². The molecule has 94 valence electrons. The van der Waals surface area contributed by atoms with Crippen LogP contribution in [0, 0.1) is 11.8 Å². The van der Waals surface area contributed by atoms with Gasteiger partial charge in [0.05, 0.1) is 0 Å². The van der Waals surface area contributed by atoms with Gasteiger partial charge in [-0.25, -0.2) is 0 Å². The van der Waals surface area contributed by atoms with E-state index in [1.807, 2.05) is 11.8 Å².